The second kappa shape index (κ2) is 6.78. The van der Waals surface area contributed by atoms with Crippen molar-refractivity contribution in [3.8, 4) is 0 Å². The molecule has 0 bridgehead atoms. The van der Waals surface area contributed by atoms with E-state index in [-0.39, 0.29) is 12.5 Å². The summed E-state index contributed by atoms with van der Waals surface area (Å²) in [6.07, 6.45) is 3.79. The standard InChI is InChI=1S/C12H21N5O/c1-4-5-6-17(8-10(13)18)11-9(2)7-15-12(14-3)16-11/h7H,4-6,8H2,1-3H3,(H2,13,18)(H,14,15,16). The minimum atomic E-state index is -0.352. The first-order valence-corrected chi connectivity index (χ1v) is 6.13. The Hall–Kier alpha value is -1.85. The van der Waals surface area contributed by atoms with Crippen molar-refractivity contribution in [1.29, 1.82) is 0 Å². The molecule has 0 unspecified atom stereocenters. The van der Waals surface area contributed by atoms with Crippen molar-refractivity contribution in [2.24, 2.45) is 5.73 Å². The second-order valence-corrected chi connectivity index (χ2v) is 4.19. The zero-order valence-corrected chi connectivity index (χ0v) is 11.2. The third-order valence-corrected chi connectivity index (χ3v) is 2.60. The zero-order valence-electron chi connectivity index (χ0n) is 11.2. The minimum Gasteiger partial charge on any atom is -0.368 e. The van der Waals surface area contributed by atoms with E-state index in [1.54, 1.807) is 13.2 Å². The van der Waals surface area contributed by atoms with Crippen molar-refractivity contribution < 1.29 is 4.79 Å². The van der Waals surface area contributed by atoms with Gasteiger partial charge in [0.15, 0.2) is 0 Å². The average molecular weight is 251 g/mol. The predicted molar refractivity (Wildman–Crippen MR) is 72.6 cm³/mol. The topological polar surface area (TPSA) is 84.1 Å². The van der Waals surface area contributed by atoms with Gasteiger partial charge in [-0.3, -0.25) is 4.79 Å². The van der Waals surface area contributed by atoms with E-state index in [4.69, 9.17) is 5.73 Å². The quantitative estimate of drug-likeness (QED) is 0.752. The first kappa shape index (κ1) is 14.2. The van der Waals surface area contributed by atoms with Gasteiger partial charge in [0.05, 0.1) is 6.54 Å². The molecule has 6 nitrogen and oxygen atoms in total. The van der Waals surface area contributed by atoms with Crippen molar-refractivity contribution in [2.45, 2.75) is 26.7 Å². The van der Waals surface area contributed by atoms with Gasteiger partial charge < -0.3 is 16.0 Å². The van der Waals surface area contributed by atoms with Gasteiger partial charge in [0.2, 0.25) is 11.9 Å². The van der Waals surface area contributed by atoms with Gasteiger partial charge in [0.1, 0.15) is 5.82 Å². The maximum Gasteiger partial charge on any atom is 0.236 e. The molecule has 0 atom stereocenters. The smallest absolute Gasteiger partial charge is 0.236 e. The maximum atomic E-state index is 11.1. The molecule has 0 saturated heterocycles. The van der Waals surface area contributed by atoms with E-state index in [1.165, 1.54) is 0 Å². The molecule has 3 N–H and O–H groups in total. The van der Waals surface area contributed by atoms with Crippen LogP contribution in [-0.2, 0) is 4.79 Å². The molecule has 0 radical (unpaired) electrons. The number of nitrogens with zero attached hydrogens (tertiary/aromatic N) is 3. The number of rotatable bonds is 7. The number of hydrogen-bond donors (Lipinski definition) is 2. The van der Waals surface area contributed by atoms with Crippen LogP contribution in [0.25, 0.3) is 0 Å². The molecule has 0 aliphatic carbocycles. The molecule has 1 rings (SSSR count). The number of aryl methyl sites for hydroxylation is 1. The highest BCUT2D eigenvalue weighted by molar-refractivity contribution is 5.79. The van der Waals surface area contributed by atoms with Crippen molar-refractivity contribution in [3.05, 3.63) is 11.8 Å². The van der Waals surface area contributed by atoms with Crippen LogP contribution in [0.15, 0.2) is 6.20 Å². The molecule has 0 fully saturated rings. The number of amides is 1. The Labute approximate surface area is 108 Å². The molecule has 1 heterocycles. The highest BCUT2D eigenvalue weighted by Gasteiger charge is 2.14. The van der Waals surface area contributed by atoms with Gasteiger partial charge in [-0.15, -0.1) is 0 Å². The van der Waals surface area contributed by atoms with Gasteiger partial charge in [0.25, 0.3) is 0 Å². The predicted octanol–water partition coefficient (Wildman–Crippen LogP) is 0.919. The largest absolute Gasteiger partial charge is 0.368 e. The second-order valence-electron chi connectivity index (χ2n) is 4.19. The number of aromatic nitrogens is 2. The monoisotopic (exact) mass is 251 g/mol. The molecular weight excluding hydrogens is 230 g/mol. The van der Waals surface area contributed by atoms with Crippen molar-refractivity contribution in [3.63, 3.8) is 0 Å². The van der Waals surface area contributed by atoms with Crippen LogP contribution in [0.1, 0.15) is 25.3 Å². The van der Waals surface area contributed by atoms with Gasteiger partial charge in [0, 0.05) is 25.4 Å². The highest BCUT2D eigenvalue weighted by atomic mass is 16.1. The summed E-state index contributed by atoms with van der Waals surface area (Å²) in [7, 11) is 1.76. The molecule has 100 valence electrons. The molecule has 1 aromatic heterocycles. The number of nitrogens with one attached hydrogen (secondary N) is 1. The summed E-state index contributed by atoms with van der Waals surface area (Å²) in [4.78, 5) is 21.6. The Morgan fingerprint density at radius 2 is 2.28 bits per heavy atom. The molecule has 18 heavy (non-hydrogen) atoms. The van der Waals surface area contributed by atoms with Gasteiger partial charge in [-0.05, 0) is 13.3 Å². The van der Waals surface area contributed by atoms with E-state index in [0.717, 1.165) is 30.8 Å². The Balaban J connectivity index is 2.98. The summed E-state index contributed by atoms with van der Waals surface area (Å²) in [6, 6.07) is 0. The molecule has 1 amide bonds. The average Bonchev–Trinajstić information content (AvgIpc) is 2.35. The fourth-order valence-electron chi connectivity index (χ4n) is 1.67. The first-order chi connectivity index (χ1) is 8.58. The Kier molecular flexibility index (Phi) is 5.35. The van der Waals surface area contributed by atoms with Crippen molar-refractivity contribution >= 4 is 17.7 Å². The van der Waals surface area contributed by atoms with Gasteiger partial charge in [-0.1, -0.05) is 13.3 Å². The van der Waals surface area contributed by atoms with E-state index in [0.29, 0.717) is 5.95 Å². The van der Waals surface area contributed by atoms with E-state index in [1.807, 2.05) is 11.8 Å². The third kappa shape index (κ3) is 3.87. The van der Waals surface area contributed by atoms with E-state index in [2.05, 4.69) is 22.2 Å². The molecule has 0 saturated carbocycles. The molecule has 6 heteroatoms. The lowest BCUT2D eigenvalue weighted by Gasteiger charge is -2.23. The fourth-order valence-corrected chi connectivity index (χ4v) is 1.67. The summed E-state index contributed by atoms with van der Waals surface area (Å²) in [5.74, 6) is 0.957. The summed E-state index contributed by atoms with van der Waals surface area (Å²) >= 11 is 0. The number of nitrogens with two attached hydrogens (primary N) is 1. The lowest BCUT2D eigenvalue weighted by atomic mass is 10.2. The van der Waals surface area contributed by atoms with Crippen LogP contribution in [-0.4, -0.2) is 36.0 Å². The van der Waals surface area contributed by atoms with Crippen molar-refractivity contribution in [2.75, 3.05) is 30.4 Å². The summed E-state index contributed by atoms with van der Waals surface area (Å²) in [5.41, 5.74) is 6.22. The van der Waals surface area contributed by atoms with Crippen molar-refractivity contribution in [1.82, 2.24) is 9.97 Å². The summed E-state index contributed by atoms with van der Waals surface area (Å²) in [5, 5.41) is 2.89. The normalized spacial score (nSPS) is 10.2. The van der Waals surface area contributed by atoms with Crippen LogP contribution in [0, 0.1) is 6.92 Å². The maximum absolute atomic E-state index is 11.1. The van der Waals surface area contributed by atoms with Gasteiger partial charge >= 0.3 is 0 Å². The molecule has 1 aromatic rings. The van der Waals surface area contributed by atoms with Gasteiger partial charge in [-0.25, -0.2) is 4.98 Å². The zero-order chi connectivity index (χ0) is 13.5. The molecule has 0 aliphatic heterocycles. The number of primary amides is 1. The van der Waals surface area contributed by atoms with E-state index >= 15 is 0 Å². The molecule has 0 aromatic carbocycles. The van der Waals surface area contributed by atoms with Crippen LogP contribution >= 0.6 is 0 Å². The number of carbonyl (C=O) groups is 1. The molecule has 0 spiro atoms. The highest BCUT2D eigenvalue weighted by Crippen LogP contribution is 2.18. The lowest BCUT2D eigenvalue weighted by Crippen LogP contribution is -2.35. The third-order valence-electron chi connectivity index (χ3n) is 2.60. The minimum absolute atomic E-state index is 0.182. The van der Waals surface area contributed by atoms with Crippen LogP contribution in [0.4, 0.5) is 11.8 Å². The Morgan fingerprint density at radius 3 is 2.83 bits per heavy atom. The number of unbranched alkanes of at least 4 members (excludes halogenated alkanes) is 1. The molecule has 0 aliphatic rings. The Bertz CT molecular complexity index is 407. The number of hydrogen-bond acceptors (Lipinski definition) is 5. The van der Waals surface area contributed by atoms with Crippen LogP contribution in [0.3, 0.4) is 0 Å². The number of anilines is 2. The Morgan fingerprint density at radius 1 is 1.56 bits per heavy atom. The lowest BCUT2D eigenvalue weighted by molar-refractivity contribution is -0.116. The summed E-state index contributed by atoms with van der Waals surface area (Å²) < 4.78 is 0. The van der Waals surface area contributed by atoms with Gasteiger partial charge in [-0.2, -0.15) is 4.98 Å². The van der Waals surface area contributed by atoms with Crippen LogP contribution < -0.4 is 16.0 Å². The van der Waals surface area contributed by atoms with Crippen LogP contribution in [0.5, 0.6) is 0 Å². The summed E-state index contributed by atoms with van der Waals surface area (Å²) in [6.45, 7) is 4.98. The SMILES string of the molecule is CCCCN(CC(N)=O)c1nc(NC)ncc1C. The number of carbonyl (C=O) groups excluding carboxylic acids is 1. The van der Waals surface area contributed by atoms with Crippen LogP contribution in [0.2, 0.25) is 0 Å². The fraction of sp³-hybridized carbons (Fsp3) is 0.583. The van der Waals surface area contributed by atoms with E-state index in [9.17, 15) is 4.79 Å². The van der Waals surface area contributed by atoms with E-state index < -0.39 is 0 Å². The molecular formula is C12H21N5O. The first-order valence-electron chi connectivity index (χ1n) is 6.13.